The number of hydrogen-bond donors (Lipinski definition) is 1. The molecule has 0 unspecified atom stereocenters. The van der Waals surface area contributed by atoms with Crippen LogP contribution in [0, 0.1) is 6.92 Å². The molecule has 0 fully saturated rings. The van der Waals surface area contributed by atoms with Crippen LogP contribution < -0.4 is 0 Å². The molecule has 8 heteroatoms. The van der Waals surface area contributed by atoms with E-state index in [1.807, 2.05) is 0 Å². The lowest BCUT2D eigenvalue weighted by Gasteiger charge is -1.92. The molecule has 0 bridgehead atoms. The first-order chi connectivity index (χ1) is 9.22. The number of aryl methyl sites for hydroxylation is 1. The van der Waals surface area contributed by atoms with Gasteiger partial charge in [0.15, 0.2) is 16.5 Å². The fourth-order valence-electron chi connectivity index (χ4n) is 1.42. The van der Waals surface area contributed by atoms with Crippen LogP contribution in [0.15, 0.2) is 34.8 Å². The molecule has 0 saturated carbocycles. The standard InChI is InChI=1S/C11H8N6OS/c1-6-12-5-8-10(14-6)17-19-11(8)16-15-9-3-2-7(18)4-13-9/h2-5,18H,1H3. The maximum absolute atomic E-state index is 9.12. The van der Waals surface area contributed by atoms with E-state index in [4.69, 9.17) is 5.11 Å². The average Bonchev–Trinajstić information content (AvgIpc) is 2.80. The minimum atomic E-state index is 0.0889. The zero-order valence-electron chi connectivity index (χ0n) is 9.85. The van der Waals surface area contributed by atoms with Crippen molar-refractivity contribution < 1.29 is 5.11 Å². The monoisotopic (exact) mass is 272 g/mol. The summed E-state index contributed by atoms with van der Waals surface area (Å²) in [5.41, 5.74) is 0.616. The molecule has 0 radical (unpaired) electrons. The van der Waals surface area contributed by atoms with E-state index in [0.717, 1.165) is 5.39 Å². The fraction of sp³-hybridized carbons (Fsp3) is 0.0909. The Morgan fingerprint density at radius 3 is 2.84 bits per heavy atom. The number of nitrogens with zero attached hydrogens (tertiary/aromatic N) is 6. The summed E-state index contributed by atoms with van der Waals surface area (Å²) in [6, 6.07) is 3.07. The van der Waals surface area contributed by atoms with E-state index in [2.05, 4.69) is 29.6 Å². The molecule has 0 spiro atoms. The van der Waals surface area contributed by atoms with E-state index in [-0.39, 0.29) is 5.75 Å². The predicted octanol–water partition coefficient (Wildman–Crippen LogP) is 2.91. The first-order valence-corrected chi connectivity index (χ1v) is 6.15. The van der Waals surface area contributed by atoms with Gasteiger partial charge in [-0.1, -0.05) is 0 Å². The molecule has 0 amide bonds. The van der Waals surface area contributed by atoms with Gasteiger partial charge in [-0.25, -0.2) is 15.0 Å². The van der Waals surface area contributed by atoms with Crippen molar-refractivity contribution in [3.8, 4) is 5.75 Å². The Bertz CT molecular complexity index is 751. The van der Waals surface area contributed by atoms with Crippen LogP contribution in [-0.2, 0) is 0 Å². The number of rotatable bonds is 2. The molecule has 0 atom stereocenters. The number of pyridine rings is 1. The highest BCUT2D eigenvalue weighted by Gasteiger charge is 2.07. The number of aromatic hydroxyl groups is 1. The van der Waals surface area contributed by atoms with Gasteiger partial charge in [-0.15, -0.1) is 10.2 Å². The molecule has 0 saturated heterocycles. The normalized spacial score (nSPS) is 11.4. The third-order valence-corrected chi connectivity index (χ3v) is 3.05. The second kappa shape index (κ2) is 4.65. The minimum absolute atomic E-state index is 0.0889. The molecule has 0 aliphatic carbocycles. The van der Waals surface area contributed by atoms with Gasteiger partial charge in [-0.05, 0) is 30.6 Å². The van der Waals surface area contributed by atoms with E-state index in [9.17, 15) is 0 Å². The second-order valence-corrected chi connectivity index (χ2v) is 4.47. The number of aromatic nitrogens is 4. The highest BCUT2D eigenvalue weighted by atomic mass is 32.1. The van der Waals surface area contributed by atoms with Gasteiger partial charge in [0.2, 0.25) is 0 Å². The van der Waals surface area contributed by atoms with Crippen molar-refractivity contribution >= 4 is 33.4 Å². The van der Waals surface area contributed by atoms with E-state index in [1.54, 1.807) is 19.2 Å². The fourth-order valence-corrected chi connectivity index (χ4v) is 2.05. The van der Waals surface area contributed by atoms with Crippen LogP contribution in [0.4, 0.5) is 10.8 Å². The molecule has 3 aromatic heterocycles. The summed E-state index contributed by atoms with van der Waals surface area (Å²) in [5, 5.41) is 18.6. The number of hydrogen-bond acceptors (Lipinski definition) is 8. The van der Waals surface area contributed by atoms with E-state index >= 15 is 0 Å². The van der Waals surface area contributed by atoms with Crippen molar-refractivity contribution in [2.45, 2.75) is 6.92 Å². The first kappa shape index (κ1) is 11.6. The first-order valence-electron chi connectivity index (χ1n) is 5.38. The molecule has 0 aromatic carbocycles. The maximum atomic E-state index is 9.12. The van der Waals surface area contributed by atoms with Gasteiger partial charge in [-0.2, -0.15) is 4.37 Å². The van der Waals surface area contributed by atoms with Crippen LogP contribution in [0.5, 0.6) is 5.75 Å². The largest absolute Gasteiger partial charge is 0.506 e. The number of azo groups is 1. The summed E-state index contributed by atoms with van der Waals surface area (Å²) in [5.74, 6) is 1.17. The van der Waals surface area contributed by atoms with Gasteiger partial charge in [0.05, 0.1) is 11.6 Å². The van der Waals surface area contributed by atoms with Crippen molar-refractivity contribution in [3.05, 3.63) is 30.4 Å². The third kappa shape index (κ3) is 2.38. The molecule has 19 heavy (non-hydrogen) atoms. The lowest BCUT2D eigenvalue weighted by molar-refractivity contribution is 0.473. The predicted molar refractivity (Wildman–Crippen MR) is 70.0 cm³/mol. The lowest BCUT2D eigenvalue weighted by Crippen LogP contribution is -1.85. The van der Waals surface area contributed by atoms with Crippen LogP contribution >= 0.6 is 11.5 Å². The van der Waals surface area contributed by atoms with E-state index in [1.165, 1.54) is 23.8 Å². The van der Waals surface area contributed by atoms with Gasteiger partial charge in [0.1, 0.15) is 11.6 Å². The molecular formula is C11H8N6OS. The lowest BCUT2D eigenvalue weighted by atomic mass is 10.4. The number of fused-ring (bicyclic) bond motifs is 1. The third-order valence-electron chi connectivity index (χ3n) is 2.31. The Morgan fingerprint density at radius 2 is 2.05 bits per heavy atom. The van der Waals surface area contributed by atoms with Gasteiger partial charge in [0, 0.05) is 6.20 Å². The van der Waals surface area contributed by atoms with Crippen molar-refractivity contribution in [1.82, 2.24) is 19.3 Å². The molecule has 0 aliphatic heterocycles. The second-order valence-electron chi connectivity index (χ2n) is 3.72. The quantitative estimate of drug-likeness (QED) is 0.723. The van der Waals surface area contributed by atoms with Gasteiger partial charge in [-0.3, -0.25) is 0 Å². The van der Waals surface area contributed by atoms with Crippen LogP contribution in [0.25, 0.3) is 11.0 Å². The maximum Gasteiger partial charge on any atom is 0.178 e. The Labute approximate surface area is 111 Å². The smallest absolute Gasteiger partial charge is 0.178 e. The van der Waals surface area contributed by atoms with Gasteiger partial charge >= 0.3 is 0 Å². The minimum Gasteiger partial charge on any atom is -0.506 e. The molecule has 0 aliphatic rings. The highest BCUT2D eigenvalue weighted by molar-refractivity contribution is 7.11. The molecule has 3 aromatic rings. The Morgan fingerprint density at radius 1 is 1.16 bits per heavy atom. The molecule has 3 rings (SSSR count). The summed E-state index contributed by atoms with van der Waals surface area (Å²) < 4.78 is 4.18. The van der Waals surface area contributed by atoms with E-state index in [0.29, 0.717) is 22.3 Å². The molecule has 1 N–H and O–H groups in total. The van der Waals surface area contributed by atoms with Crippen molar-refractivity contribution in [2.75, 3.05) is 0 Å². The van der Waals surface area contributed by atoms with Gasteiger partial charge < -0.3 is 5.11 Å². The summed E-state index contributed by atoms with van der Waals surface area (Å²) in [6.07, 6.45) is 2.99. The summed E-state index contributed by atoms with van der Waals surface area (Å²) in [7, 11) is 0. The molecular weight excluding hydrogens is 264 g/mol. The average molecular weight is 272 g/mol. The van der Waals surface area contributed by atoms with Gasteiger partial charge in [0.25, 0.3) is 0 Å². The zero-order chi connectivity index (χ0) is 13.2. The Hall–Kier alpha value is -2.48. The zero-order valence-corrected chi connectivity index (χ0v) is 10.7. The van der Waals surface area contributed by atoms with Crippen LogP contribution in [0.3, 0.4) is 0 Å². The topological polar surface area (TPSA) is 96.5 Å². The van der Waals surface area contributed by atoms with E-state index < -0.39 is 0 Å². The Kier molecular flexibility index (Phi) is 2.84. The highest BCUT2D eigenvalue weighted by Crippen LogP contribution is 2.30. The summed E-state index contributed by atoms with van der Waals surface area (Å²) in [6.45, 7) is 1.81. The Balaban J connectivity index is 1.95. The summed E-state index contributed by atoms with van der Waals surface area (Å²) >= 11 is 1.20. The molecule has 94 valence electrons. The SMILES string of the molecule is Cc1ncc2c(N=Nc3ccc(O)cn3)snc2n1. The van der Waals surface area contributed by atoms with Crippen LogP contribution in [0.2, 0.25) is 0 Å². The van der Waals surface area contributed by atoms with Crippen molar-refractivity contribution in [1.29, 1.82) is 0 Å². The van der Waals surface area contributed by atoms with Crippen molar-refractivity contribution in [2.24, 2.45) is 10.2 Å². The summed E-state index contributed by atoms with van der Waals surface area (Å²) in [4.78, 5) is 12.2. The molecule has 7 nitrogen and oxygen atoms in total. The molecule has 3 heterocycles. The van der Waals surface area contributed by atoms with Crippen LogP contribution in [0.1, 0.15) is 5.82 Å². The van der Waals surface area contributed by atoms with Crippen molar-refractivity contribution in [3.63, 3.8) is 0 Å². The van der Waals surface area contributed by atoms with Crippen LogP contribution in [-0.4, -0.2) is 24.4 Å².